The summed E-state index contributed by atoms with van der Waals surface area (Å²) in [5.41, 5.74) is 7.20. The SMILES string of the molecule is CNc1ncnc2nc[nH]c12.Cc1c[nH]c(=O)nc1N. The summed E-state index contributed by atoms with van der Waals surface area (Å²) in [5.74, 6) is 1.06. The zero-order chi connectivity index (χ0) is 14.5. The minimum atomic E-state index is -0.405. The summed E-state index contributed by atoms with van der Waals surface area (Å²) < 4.78 is 0. The molecule has 0 spiro atoms. The van der Waals surface area contributed by atoms with E-state index in [0.717, 1.165) is 16.9 Å². The molecule has 9 nitrogen and oxygen atoms in total. The summed E-state index contributed by atoms with van der Waals surface area (Å²) in [6.07, 6.45) is 4.61. The van der Waals surface area contributed by atoms with Gasteiger partial charge in [-0.3, -0.25) is 0 Å². The number of hydrogen-bond acceptors (Lipinski definition) is 7. The average Bonchev–Trinajstić information content (AvgIpc) is 2.92. The number of aryl methyl sites for hydroxylation is 1. The zero-order valence-corrected chi connectivity index (χ0v) is 11.0. The minimum Gasteiger partial charge on any atom is -0.383 e. The van der Waals surface area contributed by atoms with Crippen molar-refractivity contribution in [1.29, 1.82) is 0 Å². The Bertz CT molecular complexity index is 762. The van der Waals surface area contributed by atoms with Gasteiger partial charge in [-0.2, -0.15) is 4.98 Å². The van der Waals surface area contributed by atoms with Gasteiger partial charge in [-0.15, -0.1) is 0 Å². The number of rotatable bonds is 1. The van der Waals surface area contributed by atoms with Crippen LogP contribution >= 0.6 is 0 Å². The van der Waals surface area contributed by atoms with E-state index in [2.05, 4.69) is 35.2 Å². The molecule has 0 saturated heterocycles. The van der Waals surface area contributed by atoms with E-state index in [-0.39, 0.29) is 0 Å². The van der Waals surface area contributed by atoms with Gasteiger partial charge in [-0.1, -0.05) is 0 Å². The Morgan fingerprint density at radius 3 is 2.70 bits per heavy atom. The van der Waals surface area contributed by atoms with Gasteiger partial charge in [0.25, 0.3) is 0 Å². The van der Waals surface area contributed by atoms with E-state index < -0.39 is 5.69 Å². The Hall–Kier alpha value is -2.97. The highest BCUT2D eigenvalue weighted by molar-refractivity contribution is 5.81. The van der Waals surface area contributed by atoms with Crippen LogP contribution in [0.3, 0.4) is 0 Å². The van der Waals surface area contributed by atoms with Gasteiger partial charge in [0, 0.05) is 18.8 Å². The summed E-state index contributed by atoms with van der Waals surface area (Å²) in [7, 11) is 1.81. The van der Waals surface area contributed by atoms with Crippen LogP contribution in [0.2, 0.25) is 0 Å². The minimum absolute atomic E-state index is 0.291. The molecule has 0 saturated carbocycles. The second-order valence-electron chi connectivity index (χ2n) is 3.85. The Morgan fingerprint density at radius 2 is 2.05 bits per heavy atom. The Labute approximate surface area is 113 Å². The summed E-state index contributed by atoms with van der Waals surface area (Å²) >= 11 is 0. The normalized spacial score (nSPS) is 9.90. The van der Waals surface area contributed by atoms with Crippen LogP contribution < -0.4 is 16.7 Å². The van der Waals surface area contributed by atoms with Crippen molar-refractivity contribution >= 4 is 22.8 Å². The van der Waals surface area contributed by atoms with Crippen LogP contribution in [-0.4, -0.2) is 37.0 Å². The van der Waals surface area contributed by atoms with Crippen molar-refractivity contribution < 1.29 is 0 Å². The second-order valence-corrected chi connectivity index (χ2v) is 3.85. The molecule has 0 unspecified atom stereocenters. The Morgan fingerprint density at radius 1 is 1.25 bits per heavy atom. The monoisotopic (exact) mass is 274 g/mol. The van der Waals surface area contributed by atoms with E-state index in [1.54, 1.807) is 13.3 Å². The van der Waals surface area contributed by atoms with E-state index in [9.17, 15) is 4.79 Å². The summed E-state index contributed by atoms with van der Waals surface area (Å²) in [6.45, 7) is 1.78. The van der Waals surface area contributed by atoms with Crippen molar-refractivity contribution in [1.82, 2.24) is 29.9 Å². The van der Waals surface area contributed by atoms with Crippen molar-refractivity contribution in [3.8, 4) is 0 Å². The predicted octanol–water partition coefficient (Wildman–Crippen LogP) is 0.0551. The zero-order valence-electron chi connectivity index (χ0n) is 11.0. The van der Waals surface area contributed by atoms with E-state index in [4.69, 9.17) is 5.73 Å². The fraction of sp³-hybridized carbons (Fsp3) is 0.182. The van der Waals surface area contributed by atoms with E-state index in [1.807, 2.05) is 7.05 Å². The summed E-state index contributed by atoms with van der Waals surface area (Å²) in [5, 5.41) is 2.93. The smallest absolute Gasteiger partial charge is 0.346 e. The molecule has 104 valence electrons. The van der Waals surface area contributed by atoms with Crippen LogP contribution in [-0.2, 0) is 0 Å². The number of nitrogens with zero attached hydrogens (tertiary/aromatic N) is 4. The number of fused-ring (bicyclic) bond motifs is 1. The molecule has 20 heavy (non-hydrogen) atoms. The lowest BCUT2D eigenvalue weighted by molar-refractivity contribution is 1.06. The quantitative estimate of drug-likeness (QED) is 0.492. The molecule has 0 atom stereocenters. The van der Waals surface area contributed by atoms with Crippen molar-refractivity contribution in [2.45, 2.75) is 6.92 Å². The number of H-pyrrole nitrogens is 2. The predicted molar refractivity (Wildman–Crippen MR) is 75.2 cm³/mol. The van der Waals surface area contributed by atoms with Gasteiger partial charge in [0.15, 0.2) is 11.5 Å². The van der Waals surface area contributed by atoms with Crippen LogP contribution in [0.1, 0.15) is 5.56 Å². The number of imidazole rings is 1. The second kappa shape index (κ2) is 5.78. The molecule has 9 heteroatoms. The fourth-order valence-electron chi connectivity index (χ4n) is 1.43. The maximum Gasteiger partial charge on any atom is 0.346 e. The first-order chi connectivity index (χ1) is 9.61. The molecule has 0 aliphatic heterocycles. The molecule has 0 bridgehead atoms. The molecule has 3 aromatic heterocycles. The number of aromatic nitrogens is 6. The van der Waals surface area contributed by atoms with Crippen molar-refractivity contribution in [3.05, 3.63) is 34.9 Å². The molecule has 0 radical (unpaired) electrons. The van der Waals surface area contributed by atoms with Gasteiger partial charge >= 0.3 is 5.69 Å². The van der Waals surface area contributed by atoms with Gasteiger partial charge in [0.1, 0.15) is 17.7 Å². The van der Waals surface area contributed by atoms with Crippen molar-refractivity contribution in [3.63, 3.8) is 0 Å². The first kappa shape index (κ1) is 13.5. The number of hydrogen-bond donors (Lipinski definition) is 4. The maximum atomic E-state index is 10.4. The van der Waals surface area contributed by atoms with Gasteiger partial charge in [-0.05, 0) is 6.92 Å². The molecule has 0 aliphatic carbocycles. The van der Waals surface area contributed by atoms with E-state index in [1.165, 1.54) is 12.5 Å². The van der Waals surface area contributed by atoms with Crippen molar-refractivity contribution in [2.24, 2.45) is 0 Å². The molecular formula is C11H14N8O. The Kier molecular flexibility index (Phi) is 3.89. The molecular weight excluding hydrogens is 260 g/mol. The third-order valence-electron chi connectivity index (χ3n) is 2.50. The lowest BCUT2D eigenvalue weighted by Gasteiger charge is -1.96. The molecule has 3 aromatic rings. The highest BCUT2D eigenvalue weighted by Crippen LogP contribution is 2.12. The third-order valence-corrected chi connectivity index (χ3v) is 2.50. The first-order valence-corrected chi connectivity index (χ1v) is 5.75. The molecule has 5 N–H and O–H groups in total. The highest BCUT2D eigenvalue weighted by atomic mass is 16.1. The third kappa shape index (κ3) is 2.88. The topological polar surface area (TPSA) is 138 Å². The van der Waals surface area contributed by atoms with Crippen LogP contribution in [0.25, 0.3) is 11.2 Å². The lowest BCUT2D eigenvalue weighted by atomic mass is 10.4. The van der Waals surface area contributed by atoms with Gasteiger partial charge < -0.3 is 21.0 Å². The summed E-state index contributed by atoms with van der Waals surface area (Å²) in [6, 6.07) is 0. The number of anilines is 2. The van der Waals surface area contributed by atoms with E-state index >= 15 is 0 Å². The number of aromatic amines is 2. The van der Waals surface area contributed by atoms with Crippen molar-refractivity contribution in [2.75, 3.05) is 18.1 Å². The fourth-order valence-corrected chi connectivity index (χ4v) is 1.43. The molecule has 3 heterocycles. The number of nitrogens with one attached hydrogen (secondary N) is 3. The first-order valence-electron chi connectivity index (χ1n) is 5.75. The summed E-state index contributed by atoms with van der Waals surface area (Å²) in [4.78, 5) is 31.1. The molecule has 0 fully saturated rings. The van der Waals surface area contributed by atoms with Gasteiger partial charge in [-0.25, -0.2) is 19.7 Å². The largest absolute Gasteiger partial charge is 0.383 e. The Balaban J connectivity index is 0.000000151. The highest BCUT2D eigenvalue weighted by Gasteiger charge is 2.01. The van der Waals surface area contributed by atoms with Gasteiger partial charge in [0.2, 0.25) is 0 Å². The molecule has 0 amide bonds. The molecule has 0 aromatic carbocycles. The molecule has 0 aliphatic rings. The number of nitrogen functional groups attached to an aromatic ring is 1. The number of nitrogens with two attached hydrogens (primary N) is 1. The van der Waals surface area contributed by atoms with Gasteiger partial charge in [0.05, 0.1) is 6.33 Å². The van der Waals surface area contributed by atoms with Crippen LogP contribution in [0.5, 0.6) is 0 Å². The van der Waals surface area contributed by atoms with E-state index in [0.29, 0.717) is 11.5 Å². The average molecular weight is 274 g/mol. The maximum absolute atomic E-state index is 10.4. The van der Waals surface area contributed by atoms with Crippen LogP contribution in [0, 0.1) is 6.92 Å². The standard InChI is InChI=1S/C6H7N5.C5H7N3O/c1-7-5-4-6(10-2-8-4)11-3-9-5;1-3-2-7-5(9)8-4(3)6/h2-3H,1H3,(H2,7,8,9,10,11);2H,1H3,(H3,6,7,8,9). The molecule has 3 rings (SSSR count). The van der Waals surface area contributed by atoms with Crippen LogP contribution in [0.4, 0.5) is 11.6 Å². The lowest BCUT2D eigenvalue weighted by Crippen LogP contribution is -2.12. The van der Waals surface area contributed by atoms with Crippen LogP contribution in [0.15, 0.2) is 23.6 Å².